The second-order valence-corrected chi connectivity index (χ2v) is 11.9. The molecule has 1 N–H and O–H groups in total. The van der Waals surface area contributed by atoms with Crippen molar-refractivity contribution in [3.05, 3.63) is 53.6 Å². The quantitative estimate of drug-likeness (QED) is 0.659. The number of benzene rings is 2. The van der Waals surface area contributed by atoms with Crippen molar-refractivity contribution in [1.29, 1.82) is 0 Å². The van der Waals surface area contributed by atoms with Crippen LogP contribution in [0.2, 0.25) is 0 Å². The first-order valence-electron chi connectivity index (χ1n) is 10.8. The highest BCUT2D eigenvalue weighted by Crippen LogP contribution is 2.25. The second kappa shape index (κ2) is 9.51. The van der Waals surface area contributed by atoms with E-state index >= 15 is 0 Å². The molecule has 2 saturated heterocycles. The molecule has 2 aliphatic rings. The molecule has 1 amide bonds. The number of hydrogen-bond acceptors (Lipinski definition) is 6. The predicted molar refractivity (Wildman–Crippen MR) is 123 cm³/mol. The first-order chi connectivity index (χ1) is 15.7. The summed E-state index contributed by atoms with van der Waals surface area (Å²) in [6, 6.07) is 10.5. The molecule has 2 aliphatic heterocycles. The fraction of sp³-hybridized carbons (Fsp3) is 0.409. The molecule has 178 valence electrons. The zero-order valence-corrected chi connectivity index (χ0v) is 20.0. The van der Waals surface area contributed by atoms with Crippen LogP contribution in [0.4, 0.5) is 5.69 Å². The molecule has 0 unspecified atom stereocenters. The molecule has 2 fully saturated rings. The summed E-state index contributed by atoms with van der Waals surface area (Å²) in [7, 11) is -7.28. The maximum Gasteiger partial charge on any atom is 0.255 e. The Morgan fingerprint density at radius 1 is 0.848 bits per heavy atom. The summed E-state index contributed by atoms with van der Waals surface area (Å²) >= 11 is 0. The molecule has 0 spiro atoms. The summed E-state index contributed by atoms with van der Waals surface area (Å²) in [6.45, 7) is 4.00. The predicted octanol–water partition coefficient (Wildman–Crippen LogP) is 2.05. The van der Waals surface area contributed by atoms with Crippen LogP contribution < -0.4 is 5.32 Å². The zero-order chi connectivity index (χ0) is 23.6. The maximum absolute atomic E-state index is 13.0. The van der Waals surface area contributed by atoms with Crippen LogP contribution in [0.25, 0.3) is 0 Å². The van der Waals surface area contributed by atoms with E-state index in [0.717, 1.165) is 12.8 Å². The number of nitrogens with one attached hydrogen (secondary N) is 1. The number of sulfonamides is 2. The van der Waals surface area contributed by atoms with Gasteiger partial charge in [-0.25, -0.2) is 16.8 Å². The van der Waals surface area contributed by atoms with E-state index < -0.39 is 26.0 Å². The highest BCUT2D eigenvalue weighted by Gasteiger charge is 2.29. The molecule has 2 aromatic carbocycles. The van der Waals surface area contributed by atoms with Crippen molar-refractivity contribution in [3.8, 4) is 0 Å². The van der Waals surface area contributed by atoms with Crippen LogP contribution in [0.15, 0.2) is 52.3 Å². The van der Waals surface area contributed by atoms with Crippen LogP contribution in [0, 0.1) is 6.92 Å². The largest absolute Gasteiger partial charge is 0.379 e. The molecule has 11 heteroatoms. The molecular formula is C22H27N3O6S2. The van der Waals surface area contributed by atoms with Gasteiger partial charge in [-0.05, 0) is 61.7 Å². The normalized spacial score (nSPS) is 18.3. The molecule has 2 heterocycles. The van der Waals surface area contributed by atoms with E-state index in [0.29, 0.717) is 50.6 Å². The minimum atomic E-state index is -3.66. The first kappa shape index (κ1) is 23.8. The Morgan fingerprint density at radius 3 is 2.09 bits per heavy atom. The fourth-order valence-corrected chi connectivity index (χ4v) is 7.11. The summed E-state index contributed by atoms with van der Waals surface area (Å²) in [5.41, 5.74) is 1.20. The Labute approximate surface area is 194 Å². The highest BCUT2D eigenvalue weighted by molar-refractivity contribution is 7.89. The molecule has 0 aromatic heterocycles. The molecule has 0 atom stereocenters. The maximum atomic E-state index is 13.0. The van der Waals surface area contributed by atoms with Gasteiger partial charge in [0.15, 0.2) is 0 Å². The molecule has 0 bridgehead atoms. The van der Waals surface area contributed by atoms with Gasteiger partial charge < -0.3 is 10.1 Å². The SMILES string of the molecule is Cc1ccc(C(=O)Nc2ccc(S(=O)(=O)N3CCOCC3)cc2)cc1S(=O)(=O)N1CCCC1. The molecule has 4 rings (SSSR count). The number of aryl methyl sites for hydroxylation is 1. The van der Waals surface area contributed by atoms with Gasteiger partial charge in [0, 0.05) is 37.4 Å². The minimum Gasteiger partial charge on any atom is -0.379 e. The Morgan fingerprint density at radius 2 is 1.45 bits per heavy atom. The van der Waals surface area contributed by atoms with Crippen molar-refractivity contribution in [2.45, 2.75) is 29.6 Å². The number of carbonyl (C=O) groups is 1. The topological polar surface area (TPSA) is 113 Å². The molecule has 33 heavy (non-hydrogen) atoms. The average Bonchev–Trinajstić information content (AvgIpc) is 3.36. The van der Waals surface area contributed by atoms with E-state index in [1.807, 2.05) is 0 Å². The number of morpholine rings is 1. The third kappa shape index (κ3) is 4.97. The average molecular weight is 494 g/mol. The van der Waals surface area contributed by atoms with Crippen molar-refractivity contribution in [2.75, 3.05) is 44.7 Å². The van der Waals surface area contributed by atoms with Gasteiger partial charge >= 0.3 is 0 Å². The van der Waals surface area contributed by atoms with Crippen molar-refractivity contribution in [3.63, 3.8) is 0 Å². The smallest absolute Gasteiger partial charge is 0.255 e. The number of hydrogen-bond donors (Lipinski definition) is 1. The van der Waals surface area contributed by atoms with E-state index in [1.165, 1.54) is 38.9 Å². The minimum absolute atomic E-state index is 0.129. The van der Waals surface area contributed by atoms with Gasteiger partial charge in [0.05, 0.1) is 23.0 Å². The first-order valence-corrected chi connectivity index (χ1v) is 13.7. The van der Waals surface area contributed by atoms with E-state index in [-0.39, 0.29) is 15.4 Å². The van der Waals surface area contributed by atoms with Crippen molar-refractivity contribution >= 4 is 31.6 Å². The van der Waals surface area contributed by atoms with Gasteiger partial charge in [0.1, 0.15) is 0 Å². The molecule has 0 aliphatic carbocycles. The number of anilines is 1. The lowest BCUT2D eigenvalue weighted by molar-refractivity contribution is 0.0730. The van der Waals surface area contributed by atoms with Crippen LogP contribution >= 0.6 is 0 Å². The standard InChI is InChI=1S/C22H27N3O6S2/c1-17-4-5-18(16-21(17)33(29,30)24-10-2-3-11-24)22(26)23-19-6-8-20(9-7-19)32(27,28)25-12-14-31-15-13-25/h4-9,16H,2-3,10-15H2,1H3,(H,23,26). The molecule has 9 nitrogen and oxygen atoms in total. The Kier molecular flexibility index (Phi) is 6.87. The molecule has 2 aromatic rings. The molecular weight excluding hydrogens is 466 g/mol. The number of amides is 1. The zero-order valence-electron chi connectivity index (χ0n) is 18.4. The van der Waals surface area contributed by atoms with Gasteiger partial charge in [-0.1, -0.05) is 6.07 Å². The number of carbonyl (C=O) groups excluding carboxylic acids is 1. The van der Waals surface area contributed by atoms with E-state index in [1.54, 1.807) is 19.1 Å². The fourth-order valence-electron chi connectivity index (χ4n) is 3.94. The monoisotopic (exact) mass is 493 g/mol. The van der Waals surface area contributed by atoms with Gasteiger partial charge in [-0.15, -0.1) is 0 Å². The summed E-state index contributed by atoms with van der Waals surface area (Å²) in [6.07, 6.45) is 1.66. The van der Waals surface area contributed by atoms with E-state index in [9.17, 15) is 21.6 Å². The summed E-state index contributed by atoms with van der Waals surface area (Å²) in [4.78, 5) is 13.1. The lowest BCUT2D eigenvalue weighted by Crippen LogP contribution is -2.40. The van der Waals surface area contributed by atoms with E-state index in [4.69, 9.17) is 4.74 Å². The number of rotatable bonds is 6. The third-order valence-electron chi connectivity index (χ3n) is 5.85. The van der Waals surface area contributed by atoms with Crippen molar-refractivity contribution in [1.82, 2.24) is 8.61 Å². The number of ether oxygens (including phenoxy) is 1. The summed E-state index contributed by atoms with van der Waals surface area (Å²) in [5, 5.41) is 2.71. The summed E-state index contributed by atoms with van der Waals surface area (Å²) < 4.78 is 59.5. The lowest BCUT2D eigenvalue weighted by Gasteiger charge is -2.26. The molecule has 0 radical (unpaired) electrons. The highest BCUT2D eigenvalue weighted by atomic mass is 32.2. The van der Waals surface area contributed by atoms with Crippen LogP contribution in [0.5, 0.6) is 0 Å². The second-order valence-electron chi connectivity index (χ2n) is 8.09. The Balaban J connectivity index is 1.50. The lowest BCUT2D eigenvalue weighted by atomic mass is 10.1. The van der Waals surface area contributed by atoms with Crippen molar-refractivity contribution < 1.29 is 26.4 Å². The third-order valence-corrected chi connectivity index (χ3v) is 9.81. The summed E-state index contributed by atoms with van der Waals surface area (Å²) in [5.74, 6) is -0.475. The van der Waals surface area contributed by atoms with Gasteiger partial charge in [-0.3, -0.25) is 4.79 Å². The van der Waals surface area contributed by atoms with Gasteiger partial charge in [0.2, 0.25) is 20.0 Å². The van der Waals surface area contributed by atoms with Crippen LogP contribution in [-0.2, 0) is 24.8 Å². The van der Waals surface area contributed by atoms with E-state index in [2.05, 4.69) is 5.32 Å². The van der Waals surface area contributed by atoms with Gasteiger partial charge in [0.25, 0.3) is 5.91 Å². The Bertz CT molecular complexity index is 1230. The van der Waals surface area contributed by atoms with Crippen LogP contribution in [-0.4, -0.2) is 70.7 Å². The Hall–Kier alpha value is -2.31. The molecule has 0 saturated carbocycles. The van der Waals surface area contributed by atoms with Crippen LogP contribution in [0.3, 0.4) is 0 Å². The van der Waals surface area contributed by atoms with Crippen molar-refractivity contribution in [2.24, 2.45) is 0 Å². The number of nitrogens with zero attached hydrogens (tertiary/aromatic N) is 2. The van der Waals surface area contributed by atoms with Crippen LogP contribution in [0.1, 0.15) is 28.8 Å². The van der Waals surface area contributed by atoms with Gasteiger partial charge in [-0.2, -0.15) is 8.61 Å².